The molecule has 0 unspecified atom stereocenters. The van der Waals surface area contributed by atoms with Crippen LogP contribution in [-0.2, 0) is 9.53 Å². The van der Waals surface area contributed by atoms with E-state index in [0.29, 0.717) is 30.5 Å². The van der Waals surface area contributed by atoms with Gasteiger partial charge < -0.3 is 20.1 Å². The molecule has 0 saturated heterocycles. The summed E-state index contributed by atoms with van der Waals surface area (Å²) in [5.41, 5.74) is 1.51. The average molecular weight is 349 g/mol. The Hall–Kier alpha value is -2.24. The lowest BCUT2D eigenvalue weighted by Crippen LogP contribution is -2.21. The van der Waals surface area contributed by atoms with Gasteiger partial charge in [0.1, 0.15) is 12.4 Å². The molecule has 0 aliphatic rings. The van der Waals surface area contributed by atoms with E-state index in [4.69, 9.17) is 21.1 Å². The molecule has 5 nitrogen and oxygen atoms in total. The number of halogens is 1. The smallest absolute Gasteiger partial charge is 0.243 e. The molecule has 0 heterocycles. The lowest BCUT2D eigenvalue weighted by atomic mass is 10.3. The van der Waals surface area contributed by atoms with Crippen molar-refractivity contribution in [3.05, 3.63) is 53.6 Å². The summed E-state index contributed by atoms with van der Waals surface area (Å²) < 4.78 is 10.7. The third kappa shape index (κ3) is 6.48. The van der Waals surface area contributed by atoms with Gasteiger partial charge in [-0.2, -0.15) is 0 Å². The van der Waals surface area contributed by atoms with Gasteiger partial charge in [0.15, 0.2) is 0 Å². The first kappa shape index (κ1) is 18.1. The Morgan fingerprint density at radius 3 is 2.58 bits per heavy atom. The van der Waals surface area contributed by atoms with Crippen molar-refractivity contribution in [2.75, 3.05) is 37.0 Å². The molecule has 0 atom stereocenters. The molecule has 128 valence electrons. The van der Waals surface area contributed by atoms with Gasteiger partial charge in [-0.1, -0.05) is 17.7 Å². The van der Waals surface area contributed by atoms with Gasteiger partial charge in [-0.3, -0.25) is 4.79 Å². The van der Waals surface area contributed by atoms with E-state index in [2.05, 4.69) is 10.6 Å². The number of amides is 1. The number of ether oxygens (including phenoxy) is 2. The van der Waals surface area contributed by atoms with Crippen molar-refractivity contribution in [1.29, 1.82) is 0 Å². The average Bonchev–Trinajstić information content (AvgIpc) is 2.58. The minimum atomic E-state index is -0.139. The number of benzene rings is 2. The van der Waals surface area contributed by atoms with Crippen LogP contribution in [0.3, 0.4) is 0 Å². The summed E-state index contributed by atoms with van der Waals surface area (Å²) in [7, 11) is 0. The van der Waals surface area contributed by atoms with E-state index >= 15 is 0 Å². The van der Waals surface area contributed by atoms with Crippen molar-refractivity contribution >= 4 is 28.9 Å². The number of carbonyl (C=O) groups excluding carboxylic acids is 1. The Balaban J connectivity index is 1.75. The minimum Gasteiger partial charge on any atom is -0.491 e. The van der Waals surface area contributed by atoms with E-state index in [-0.39, 0.29) is 12.5 Å². The van der Waals surface area contributed by atoms with Gasteiger partial charge in [-0.15, -0.1) is 0 Å². The lowest BCUT2D eigenvalue weighted by molar-refractivity contribution is -0.114. The zero-order valence-corrected chi connectivity index (χ0v) is 14.3. The second-order valence-electron chi connectivity index (χ2n) is 4.98. The van der Waals surface area contributed by atoms with Crippen LogP contribution in [0, 0.1) is 0 Å². The zero-order valence-electron chi connectivity index (χ0n) is 13.5. The Morgan fingerprint density at radius 1 is 1.08 bits per heavy atom. The van der Waals surface area contributed by atoms with Crippen LogP contribution < -0.4 is 15.4 Å². The molecule has 0 aliphatic heterocycles. The van der Waals surface area contributed by atoms with Crippen molar-refractivity contribution in [3.63, 3.8) is 0 Å². The van der Waals surface area contributed by atoms with E-state index < -0.39 is 0 Å². The Bertz CT molecular complexity index is 647. The monoisotopic (exact) mass is 348 g/mol. The first-order valence-electron chi connectivity index (χ1n) is 7.77. The summed E-state index contributed by atoms with van der Waals surface area (Å²) in [6, 6.07) is 14.5. The second-order valence-corrected chi connectivity index (χ2v) is 5.42. The van der Waals surface area contributed by atoms with Gasteiger partial charge in [-0.05, 0) is 49.4 Å². The molecule has 2 N–H and O–H groups in total. The van der Waals surface area contributed by atoms with Crippen LogP contribution in [0.15, 0.2) is 48.5 Å². The number of hydrogen-bond acceptors (Lipinski definition) is 4. The van der Waals surface area contributed by atoms with Crippen LogP contribution in [0.25, 0.3) is 0 Å². The van der Waals surface area contributed by atoms with Crippen molar-refractivity contribution in [2.24, 2.45) is 0 Å². The molecule has 0 spiro atoms. The quantitative estimate of drug-likeness (QED) is 0.677. The molecular formula is C18H21ClN2O3. The van der Waals surface area contributed by atoms with E-state index in [0.717, 1.165) is 11.4 Å². The summed E-state index contributed by atoms with van der Waals surface area (Å²) in [5, 5.41) is 6.46. The van der Waals surface area contributed by atoms with E-state index in [1.807, 2.05) is 31.2 Å². The van der Waals surface area contributed by atoms with Crippen LogP contribution >= 0.6 is 11.6 Å². The fraction of sp³-hybridized carbons (Fsp3) is 0.278. The number of carbonyl (C=O) groups is 1. The topological polar surface area (TPSA) is 59.6 Å². The molecule has 24 heavy (non-hydrogen) atoms. The lowest BCUT2D eigenvalue weighted by Gasteiger charge is -2.09. The van der Waals surface area contributed by atoms with Crippen molar-refractivity contribution in [2.45, 2.75) is 6.92 Å². The molecule has 0 saturated carbocycles. The first-order valence-corrected chi connectivity index (χ1v) is 8.15. The Morgan fingerprint density at radius 2 is 1.88 bits per heavy atom. The molecule has 0 aromatic heterocycles. The summed E-state index contributed by atoms with van der Waals surface area (Å²) in [6.07, 6.45) is 0. The highest BCUT2D eigenvalue weighted by molar-refractivity contribution is 6.30. The maximum absolute atomic E-state index is 11.9. The molecule has 0 fully saturated rings. The predicted octanol–water partition coefficient (Wildman–Crippen LogP) is 3.81. The number of nitrogens with one attached hydrogen (secondary N) is 2. The summed E-state index contributed by atoms with van der Waals surface area (Å²) in [5.74, 6) is 0.602. The van der Waals surface area contributed by atoms with Crippen molar-refractivity contribution < 1.29 is 14.3 Å². The summed E-state index contributed by atoms with van der Waals surface area (Å²) in [6.45, 7) is 3.84. The van der Waals surface area contributed by atoms with Gasteiger partial charge in [0, 0.05) is 23.0 Å². The van der Waals surface area contributed by atoms with E-state index in [1.165, 1.54) is 0 Å². The van der Waals surface area contributed by atoms with Crippen LogP contribution in [0.5, 0.6) is 5.75 Å². The highest BCUT2D eigenvalue weighted by atomic mass is 35.5. The molecule has 0 radical (unpaired) electrons. The van der Waals surface area contributed by atoms with Crippen LogP contribution in [0.2, 0.25) is 5.02 Å². The first-order chi connectivity index (χ1) is 11.7. The highest BCUT2D eigenvalue weighted by Gasteiger charge is 2.03. The van der Waals surface area contributed by atoms with Gasteiger partial charge in [0.2, 0.25) is 5.91 Å². The normalized spacial score (nSPS) is 10.2. The maximum atomic E-state index is 11.9. The van der Waals surface area contributed by atoms with E-state index in [1.54, 1.807) is 24.3 Å². The summed E-state index contributed by atoms with van der Waals surface area (Å²) >= 11 is 5.90. The van der Waals surface area contributed by atoms with Gasteiger partial charge in [0.05, 0.1) is 13.2 Å². The molecule has 2 aromatic rings. The Labute approximate surface area is 146 Å². The number of hydrogen-bond donors (Lipinski definition) is 2. The zero-order chi connectivity index (χ0) is 17.2. The Kier molecular flexibility index (Phi) is 7.39. The molecular weight excluding hydrogens is 328 g/mol. The molecule has 2 aromatic carbocycles. The molecule has 0 aliphatic carbocycles. The third-order valence-corrected chi connectivity index (χ3v) is 3.35. The SMILES string of the molecule is CCOCCOc1ccc(NC(=O)CNc2cccc(Cl)c2)cc1. The van der Waals surface area contributed by atoms with Gasteiger partial charge in [-0.25, -0.2) is 0 Å². The fourth-order valence-electron chi connectivity index (χ4n) is 1.98. The minimum absolute atomic E-state index is 0.139. The summed E-state index contributed by atoms with van der Waals surface area (Å²) in [4.78, 5) is 11.9. The number of rotatable bonds is 9. The molecule has 1 amide bonds. The molecule has 0 bridgehead atoms. The van der Waals surface area contributed by atoms with Crippen molar-refractivity contribution in [1.82, 2.24) is 0 Å². The van der Waals surface area contributed by atoms with Crippen LogP contribution in [0.4, 0.5) is 11.4 Å². The number of anilines is 2. The largest absolute Gasteiger partial charge is 0.491 e. The van der Waals surface area contributed by atoms with Crippen LogP contribution in [-0.4, -0.2) is 32.3 Å². The fourth-order valence-corrected chi connectivity index (χ4v) is 2.17. The van der Waals surface area contributed by atoms with Gasteiger partial charge in [0.25, 0.3) is 0 Å². The highest BCUT2D eigenvalue weighted by Crippen LogP contribution is 2.16. The van der Waals surface area contributed by atoms with Crippen molar-refractivity contribution in [3.8, 4) is 5.75 Å². The molecule has 2 rings (SSSR count). The molecule has 6 heteroatoms. The van der Waals surface area contributed by atoms with Crippen LogP contribution in [0.1, 0.15) is 6.92 Å². The van der Waals surface area contributed by atoms with E-state index in [9.17, 15) is 4.79 Å². The standard InChI is InChI=1S/C18H21ClN2O3/c1-2-23-10-11-24-17-8-6-15(7-9-17)21-18(22)13-20-16-5-3-4-14(19)12-16/h3-9,12,20H,2,10-11,13H2,1H3,(H,21,22). The second kappa shape index (κ2) is 9.80. The maximum Gasteiger partial charge on any atom is 0.243 e. The third-order valence-electron chi connectivity index (χ3n) is 3.12. The predicted molar refractivity (Wildman–Crippen MR) is 97.0 cm³/mol. The van der Waals surface area contributed by atoms with Gasteiger partial charge >= 0.3 is 0 Å².